The number of hydrogen-bond acceptors (Lipinski definition) is 3. The average molecular weight is 313 g/mol. The Morgan fingerprint density at radius 1 is 1.39 bits per heavy atom. The van der Waals surface area contributed by atoms with E-state index in [4.69, 9.17) is 0 Å². The number of amides is 1. The average Bonchev–Trinajstić information content (AvgIpc) is 2.93. The standard InChI is InChI=1S/C18H23N3O2/c1-17(23,15-11-20-21(2)12-15)13-19-16(22)18(9-6-10-18)14-7-4-3-5-8-14/h3-5,7-8,11-12,23H,6,9-10,13H2,1-2H3,(H,19,22). The van der Waals surface area contributed by atoms with Crippen LogP contribution in [0.25, 0.3) is 0 Å². The number of hydrogen-bond donors (Lipinski definition) is 2. The number of carbonyl (C=O) groups is 1. The molecular formula is C18H23N3O2. The van der Waals surface area contributed by atoms with Crippen LogP contribution in [0.5, 0.6) is 0 Å². The number of aryl methyl sites for hydroxylation is 1. The summed E-state index contributed by atoms with van der Waals surface area (Å²) in [5, 5.41) is 17.6. The summed E-state index contributed by atoms with van der Waals surface area (Å²) in [6.45, 7) is 1.87. The SMILES string of the molecule is Cn1cc(C(C)(O)CNC(=O)C2(c3ccccc3)CCC2)cn1. The lowest BCUT2D eigenvalue weighted by molar-refractivity contribution is -0.131. The van der Waals surface area contributed by atoms with Gasteiger partial charge in [0.15, 0.2) is 0 Å². The van der Waals surface area contributed by atoms with Gasteiger partial charge in [-0.1, -0.05) is 36.8 Å². The van der Waals surface area contributed by atoms with Crippen molar-refractivity contribution in [2.45, 2.75) is 37.2 Å². The topological polar surface area (TPSA) is 67.2 Å². The molecule has 0 radical (unpaired) electrons. The van der Waals surface area contributed by atoms with Crippen molar-refractivity contribution in [1.82, 2.24) is 15.1 Å². The summed E-state index contributed by atoms with van der Waals surface area (Å²) in [5.74, 6) is -0.000819. The van der Waals surface area contributed by atoms with Crippen LogP contribution < -0.4 is 5.32 Å². The third-order valence-electron chi connectivity index (χ3n) is 4.89. The molecule has 1 amide bonds. The molecule has 1 aliphatic carbocycles. The summed E-state index contributed by atoms with van der Waals surface area (Å²) >= 11 is 0. The fraction of sp³-hybridized carbons (Fsp3) is 0.444. The van der Waals surface area contributed by atoms with Crippen molar-refractivity contribution in [3.8, 4) is 0 Å². The molecule has 1 aromatic carbocycles. The Labute approximate surface area is 136 Å². The smallest absolute Gasteiger partial charge is 0.230 e. The van der Waals surface area contributed by atoms with Gasteiger partial charge in [-0.25, -0.2) is 0 Å². The quantitative estimate of drug-likeness (QED) is 0.885. The van der Waals surface area contributed by atoms with Crippen LogP contribution >= 0.6 is 0 Å². The van der Waals surface area contributed by atoms with Gasteiger partial charge in [0.2, 0.25) is 5.91 Å². The number of aliphatic hydroxyl groups is 1. The second kappa shape index (κ2) is 5.81. The monoisotopic (exact) mass is 313 g/mol. The van der Waals surface area contributed by atoms with E-state index in [1.54, 1.807) is 31.0 Å². The first-order chi connectivity index (χ1) is 10.9. The van der Waals surface area contributed by atoms with Gasteiger partial charge in [-0.05, 0) is 25.3 Å². The van der Waals surface area contributed by atoms with E-state index >= 15 is 0 Å². The Morgan fingerprint density at radius 3 is 2.61 bits per heavy atom. The highest BCUT2D eigenvalue weighted by molar-refractivity contribution is 5.89. The minimum absolute atomic E-state index is 0.000819. The number of nitrogens with one attached hydrogen (secondary N) is 1. The fourth-order valence-corrected chi connectivity index (χ4v) is 3.16. The van der Waals surface area contributed by atoms with E-state index in [0.29, 0.717) is 5.56 Å². The van der Waals surface area contributed by atoms with E-state index < -0.39 is 11.0 Å². The maximum atomic E-state index is 12.8. The summed E-state index contributed by atoms with van der Waals surface area (Å²) in [7, 11) is 1.80. The van der Waals surface area contributed by atoms with E-state index in [-0.39, 0.29) is 12.5 Å². The van der Waals surface area contributed by atoms with Crippen LogP contribution in [0.4, 0.5) is 0 Å². The van der Waals surface area contributed by atoms with Crippen molar-refractivity contribution in [3.05, 3.63) is 53.9 Å². The predicted molar refractivity (Wildman–Crippen MR) is 87.8 cm³/mol. The molecule has 1 fully saturated rings. The van der Waals surface area contributed by atoms with Crippen LogP contribution in [0.1, 0.15) is 37.3 Å². The van der Waals surface area contributed by atoms with Crippen molar-refractivity contribution in [2.75, 3.05) is 6.54 Å². The zero-order valence-electron chi connectivity index (χ0n) is 13.6. The molecule has 0 saturated heterocycles. The minimum Gasteiger partial charge on any atom is -0.383 e. The summed E-state index contributed by atoms with van der Waals surface area (Å²) in [6, 6.07) is 9.92. The molecular weight excluding hydrogens is 290 g/mol. The second-order valence-corrected chi connectivity index (χ2v) is 6.66. The Hall–Kier alpha value is -2.14. The van der Waals surface area contributed by atoms with Gasteiger partial charge >= 0.3 is 0 Å². The molecule has 3 rings (SSSR count). The first-order valence-corrected chi connectivity index (χ1v) is 7.99. The summed E-state index contributed by atoms with van der Waals surface area (Å²) in [5.41, 5.74) is 0.185. The summed E-state index contributed by atoms with van der Waals surface area (Å²) in [6.07, 6.45) is 6.17. The normalized spacial score (nSPS) is 18.7. The third kappa shape index (κ3) is 2.88. The van der Waals surface area contributed by atoms with E-state index in [1.807, 2.05) is 30.3 Å². The number of rotatable bonds is 5. The highest BCUT2D eigenvalue weighted by Crippen LogP contribution is 2.44. The van der Waals surface area contributed by atoms with Crippen molar-refractivity contribution >= 4 is 5.91 Å². The molecule has 5 heteroatoms. The first-order valence-electron chi connectivity index (χ1n) is 7.99. The van der Waals surface area contributed by atoms with Crippen LogP contribution in [0.2, 0.25) is 0 Å². The van der Waals surface area contributed by atoms with E-state index in [0.717, 1.165) is 24.8 Å². The zero-order chi connectivity index (χ0) is 16.5. The van der Waals surface area contributed by atoms with Crippen LogP contribution in [-0.2, 0) is 22.9 Å². The predicted octanol–water partition coefficient (Wildman–Crippen LogP) is 1.87. The van der Waals surface area contributed by atoms with Crippen molar-refractivity contribution in [3.63, 3.8) is 0 Å². The lowest BCUT2D eigenvalue weighted by Crippen LogP contribution is -2.51. The minimum atomic E-state index is -1.13. The molecule has 1 unspecified atom stereocenters. The lowest BCUT2D eigenvalue weighted by Gasteiger charge is -2.41. The van der Waals surface area contributed by atoms with E-state index in [9.17, 15) is 9.90 Å². The maximum absolute atomic E-state index is 12.8. The molecule has 1 heterocycles. The van der Waals surface area contributed by atoms with Gasteiger partial charge in [0.1, 0.15) is 5.60 Å². The number of benzene rings is 1. The Kier molecular flexibility index (Phi) is 3.98. The Morgan fingerprint density at radius 2 is 2.09 bits per heavy atom. The van der Waals surface area contributed by atoms with Gasteiger partial charge < -0.3 is 10.4 Å². The fourth-order valence-electron chi connectivity index (χ4n) is 3.16. The van der Waals surface area contributed by atoms with Crippen molar-refractivity contribution < 1.29 is 9.90 Å². The highest BCUT2D eigenvalue weighted by Gasteiger charge is 2.45. The highest BCUT2D eigenvalue weighted by atomic mass is 16.3. The molecule has 2 aromatic rings. The largest absolute Gasteiger partial charge is 0.383 e. The lowest BCUT2D eigenvalue weighted by atomic mass is 9.64. The Bertz CT molecular complexity index is 687. The molecule has 0 aliphatic heterocycles. The summed E-state index contributed by atoms with van der Waals surface area (Å²) < 4.78 is 1.64. The molecule has 5 nitrogen and oxygen atoms in total. The second-order valence-electron chi connectivity index (χ2n) is 6.66. The van der Waals surface area contributed by atoms with Gasteiger partial charge in [0.25, 0.3) is 0 Å². The number of nitrogens with zero attached hydrogens (tertiary/aromatic N) is 2. The van der Waals surface area contributed by atoms with Crippen LogP contribution in [0.3, 0.4) is 0 Å². The van der Waals surface area contributed by atoms with Crippen molar-refractivity contribution in [2.24, 2.45) is 7.05 Å². The molecule has 1 atom stereocenters. The van der Waals surface area contributed by atoms with Gasteiger partial charge in [-0.3, -0.25) is 9.48 Å². The molecule has 122 valence electrons. The molecule has 23 heavy (non-hydrogen) atoms. The molecule has 1 saturated carbocycles. The number of aromatic nitrogens is 2. The zero-order valence-corrected chi connectivity index (χ0v) is 13.6. The third-order valence-corrected chi connectivity index (χ3v) is 4.89. The van der Waals surface area contributed by atoms with Gasteiger partial charge in [-0.15, -0.1) is 0 Å². The van der Waals surface area contributed by atoms with Crippen LogP contribution in [0.15, 0.2) is 42.7 Å². The molecule has 1 aliphatic rings. The van der Waals surface area contributed by atoms with Crippen LogP contribution in [-0.4, -0.2) is 27.3 Å². The molecule has 0 bridgehead atoms. The van der Waals surface area contributed by atoms with Gasteiger partial charge in [-0.2, -0.15) is 5.10 Å². The number of carbonyl (C=O) groups excluding carboxylic acids is 1. The molecule has 1 aromatic heterocycles. The van der Waals surface area contributed by atoms with E-state index in [2.05, 4.69) is 10.4 Å². The molecule has 0 spiro atoms. The Balaban J connectivity index is 1.71. The van der Waals surface area contributed by atoms with E-state index in [1.165, 1.54) is 0 Å². The molecule has 2 N–H and O–H groups in total. The maximum Gasteiger partial charge on any atom is 0.230 e. The van der Waals surface area contributed by atoms with Crippen LogP contribution in [0, 0.1) is 0 Å². The van der Waals surface area contributed by atoms with Gasteiger partial charge in [0, 0.05) is 18.8 Å². The van der Waals surface area contributed by atoms with Gasteiger partial charge in [0.05, 0.1) is 18.2 Å². The summed E-state index contributed by atoms with van der Waals surface area (Å²) in [4.78, 5) is 12.8. The first kappa shape index (κ1) is 15.7. The van der Waals surface area contributed by atoms with Crippen molar-refractivity contribution in [1.29, 1.82) is 0 Å².